The summed E-state index contributed by atoms with van der Waals surface area (Å²) in [5.74, 6) is 0.410. The van der Waals surface area contributed by atoms with Gasteiger partial charge in [0.15, 0.2) is 5.82 Å². The van der Waals surface area contributed by atoms with E-state index in [1.54, 1.807) is 11.3 Å². The van der Waals surface area contributed by atoms with Crippen LogP contribution in [0.5, 0.6) is 0 Å². The monoisotopic (exact) mass is 432 g/mol. The summed E-state index contributed by atoms with van der Waals surface area (Å²) in [7, 11) is 0. The Balaban J connectivity index is 1.31. The van der Waals surface area contributed by atoms with Crippen molar-refractivity contribution in [1.29, 1.82) is 0 Å². The van der Waals surface area contributed by atoms with Gasteiger partial charge in [-0.25, -0.2) is 0 Å². The molecule has 30 heavy (non-hydrogen) atoms. The predicted molar refractivity (Wildman–Crippen MR) is 110 cm³/mol. The summed E-state index contributed by atoms with van der Waals surface area (Å²) >= 11 is 1.61. The minimum atomic E-state index is -4.39. The number of thiophene rings is 1. The lowest BCUT2D eigenvalue weighted by Gasteiger charge is -2.31. The van der Waals surface area contributed by atoms with Crippen molar-refractivity contribution in [3.63, 3.8) is 0 Å². The molecule has 1 aliphatic heterocycles. The number of nitrogens with zero attached hydrogens (tertiary/aromatic N) is 3. The Labute approximate surface area is 175 Å². The molecule has 156 valence electrons. The van der Waals surface area contributed by atoms with Crippen molar-refractivity contribution in [3.8, 4) is 10.6 Å². The minimum Gasteiger partial charge on any atom is -0.355 e. The summed E-state index contributed by atoms with van der Waals surface area (Å²) < 4.78 is 37.9. The van der Waals surface area contributed by atoms with Crippen LogP contribution in [0.4, 0.5) is 24.7 Å². The van der Waals surface area contributed by atoms with Gasteiger partial charge in [0.1, 0.15) is 5.69 Å². The number of benzene rings is 1. The summed E-state index contributed by atoms with van der Waals surface area (Å²) in [4.78, 5) is 15.6. The van der Waals surface area contributed by atoms with E-state index in [0.717, 1.165) is 28.5 Å². The first kappa shape index (κ1) is 20.3. The molecule has 0 spiro atoms. The quantitative estimate of drug-likeness (QED) is 0.625. The van der Waals surface area contributed by atoms with Crippen LogP contribution < -0.4 is 10.2 Å². The lowest BCUT2D eigenvalue weighted by molar-refractivity contribution is -0.137. The smallest absolute Gasteiger partial charge is 0.355 e. The number of alkyl halides is 3. The minimum absolute atomic E-state index is 0.173. The van der Waals surface area contributed by atoms with E-state index in [9.17, 15) is 18.0 Å². The molecule has 5 nitrogen and oxygen atoms in total. The zero-order valence-electron chi connectivity index (χ0n) is 15.9. The van der Waals surface area contributed by atoms with E-state index in [0.29, 0.717) is 31.6 Å². The Morgan fingerprint density at radius 1 is 1.03 bits per heavy atom. The lowest BCUT2D eigenvalue weighted by atomic mass is 9.95. The maximum Gasteiger partial charge on any atom is 0.416 e. The molecule has 3 aromatic rings. The Morgan fingerprint density at radius 2 is 1.77 bits per heavy atom. The molecular formula is C21H19F3N4OS. The van der Waals surface area contributed by atoms with Crippen LogP contribution in [-0.4, -0.2) is 29.2 Å². The molecule has 0 unspecified atom stereocenters. The Kier molecular flexibility index (Phi) is 5.72. The average Bonchev–Trinajstić information content (AvgIpc) is 3.29. The summed E-state index contributed by atoms with van der Waals surface area (Å²) in [5, 5.41) is 13.3. The van der Waals surface area contributed by atoms with Crippen molar-refractivity contribution < 1.29 is 18.0 Å². The second-order valence-corrected chi connectivity index (χ2v) is 8.03. The van der Waals surface area contributed by atoms with Gasteiger partial charge in [-0.2, -0.15) is 13.2 Å². The van der Waals surface area contributed by atoms with E-state index in [4.69, 9.17) is 0 Å². The fraction of sp³-hybridized carbons (Fsp3) is 0.286. The van der Waals surface area contributed by atoms with Gasteiger partial charge in [-0.1, -0.05) is 6.07 Å². The third-order valence-electron chi connectivity index (χ3n) is 5.09. The van der Waals surface area contributed by atoms with Crippen molar-refractivity contribution in [2.24, 2.45) is 5.92 Å². The molecule has 2 aromatic heterocycles. The number of rotatable bonds is 4. The summed E-state index contributed by atoms with van der Waals surface area (Å²) in [6, 6.07) is 12.3. The van der Waals surface area contributed by atoms with Crippen molar-refractivity contribution in [2.75, 3.05) is 23.3 Å². The van der Waals surface area contributed by atoms with Crippen LogP contribution >= 0.6 is 11.3 Å². The summed E-state index contributed by atoms with van der Waals surface area (Å²) in [5.41, 5.74) is 0.463. The summed E-state index contributed by atoms with van der Waals surface area (Å²) in [6.07, 6.45) is -3.11. The first-order valence-corrected chi connectivity index (χ1v) is 10.4. The lowest BCUT2D eigenvalue weighted by Crippen LogP contribution is -2.38. The molecule has 1 aliphatic rings. The van der Waals surface area contributed by atoms with Crippen LogP contribution in [0, 0.1) is 5.92 Å². The number of hydrogen-bond donors (Lipinski definition) is 1. The van der Waals surface area contributed by atoms with E-state index < -0.39 is 11.7 Å². The average molecular weight is 432 g/mol. The number of nitrogens with one attached hydrogen (secondary N) is 1. The normalized spacial score (nSPS) is 15.2. The van der Waals surface area contributed by atoms with Crippen molar-refractivity contribution >= 4 is 28.7 Å². The van der Waals surface area contributed by atoms with E-state index in [1.165, 1.54) is 12.1 Å². The Hall–Kier alpha value is -2.94. The van der Waals surface area contributed by atoms with Gasteiger partial charge < -0.3 is 10.2 Å². The molecule has 0 atom stereocenters. The highest BCUT2D eigenvalue weighted by Gasteiger charge is 2.30. The summed E-state index contributed by atoms with van der Waals surface area (Å²) in [6.45, 7) is 1.33. The first-order valence-electron chi connectivity index (χ1n) is 9.51. The predicted octanol–water partition coefficient (Wildman–Crippen LogP) is 5.08. The van der Waals surface area contributed by atoms with Gasteiger partial charge in [0, 0.05) is 24.7 Å². The molecule has 1 fully saturated rings. The van der Waals surface area contributed by atoms with Crippen LogP contribution in [0.3, 0.4) is 0 Å². The standard InChI is InChI=1S/C21H19F3N4OS/c22-21(23,24)15-3-5-16(6-4-15)25-20(29)14-9-11-28(12-10-14)19-8-7-17(26-27-19)18-2-1-13-30-18/h1-8,13-14H,9-12H2,(H,25,29). The fourth-order valence-electron chi connectivity index (χ4n) is 3.41. The first-order chi connectivity index (χ1) is 14.4. The molecule has 1 amide bonds. The molecule has 1 saturated heterocycles. The van der Waals surface area contributed by atoms with Gasteiger partial charge in [0.2, 0.25) is 5.91 Å². The maximum absolute atomic E-state index is 12.6. The zero-order valence-corrected chi connectivity index (χ0v) is 16.7. The number of halogens is 3. The fourth-order valence-corrected chi connectivity index (χ4v) is 4.10. The molecule has 1 N–H and O–H groups in total. The SMILES string of the molecule is O=C(Nc1ccc(C(F)(F)F)cc1)C1CCN(c2ccc(-c3cccs3)nn2)CC1. The molecule has 4 rings (SSSR count). The van der Waals surface area contributed by atoms with E-state index in [-0.39, 0.29) is 11.8 Å². The van der Waals surface area contributed by atoms with E-state index in [1.807, 2.05) is 29.6 Å². The number of carbonyl (C=O) groups excluding carboxylic acids is 1. The number of amides is 1. The van der Waals surface area contributed by atoms with E-state index >= 15 is 0 Å². The molecule has 9 heteroatoms. The highest BCUT2D eigenvalue weighted by Crippen LogP contribution is 2.30. The third-order valence-corrected chi connectivity index (χ3v) is 5.99. The van der Waals surface area contributed by atoms with Gasteiger partial charge in [0.25, 0.3) is 0 Å². The van der Waals surface area contributed by atoms with Crippen LogP contribution in [-0.2, 0) is 11.0 Å². The van der Waals surface area contributed by atoms with Crippen molar-refractivity contribution in [2.45, 2.75) is 19.0 Å². The Bertz CT molecular complexity index is 981. The second-order valence-electron chi connectivity index (χ2n) is 7.08. The van der Waals surface area contributed by atoms with Gasteiger partial charge in [0.05, 0.1) is 10.4 Å². The van der Waals surface area contributed by atoms with Crippen molar-refractivity contribution in [3.05, 3.63) is 59.5 Å². The van der Waals surface area contributed by atoms with Gasteiger partial charge in [-0.05, 0) is 60.7 Å². The highest BCUT2D eigenvalue weighted by molar-refractivity contribution is 7.13. The second kappa shape index (κ2) is 8.43. The molecule has 0 bridgehead atoms. The van der Waals surface area contributed by atoms with Crippen LogP contribution in [0.2, 0.25) is 0 Å². The number of hydrogen-bond acceptors (Lipinski definition) is 5. The van der Waals surface area contributed by atoms with Gasteiger partial charge in [-0.3, -0.25) is 4.79 Å². The third kappa shape index (κ3) is 4.62. The van der Waals surface area contributed by atoms with E-state index in [2.05, 4.69) is 20.4 Å². The molecule has 0 radical (unpaired) electrons. The number of anilines is 2. The van der Waals surface area contributed by atoms with Crippen LogP contribution in [0.15, 0.2) is 53.9 Å². The number of piperidine rings is 1. The zero-order chi connectivity index (χ0) is 21.1. The molecule has 0 aliphatic carbocycles. The largest absolute Gasteiger partial charge is 0.416 e. The van der Waals surface area contributed by atoms with Crippen molar-refractivity contribution in [1.82, 2.24) is 10.2 Å². The van der Waals surface area contributed by atoms with Crippen LogP contribution in [0.1, 0.15) is 18.4 Å². The number of carbonyl (C=O) groups is 1. The Morgan fingerprint density at radius 3 is 2.33 bits per heavy atom. The number of aromatic nitrogens is 2. The molecule has 3 heterocycles. The molecule has 1 aromatic carbocycles. The molecule has 0 saturated carbocycles. The molecular weight excluding hydrogens is 413 g/mol. The maximum atomic E-state index is 12.6. The topological polar surface area (TPSA) is 58.1 Å². The van der Waals surface area contributed by atoms with Crippen LogP contribution in [0.25, 0.3) is 10.6 Å². The van der Waals surface area contributed by atoms with Gasteiger partial charge >= 0.3 is 6.18 Å². The van der Waals surface area contributed by atoms with Gasteiger partial charge in [-0.15, -0.1) is 21.5 Å². The highest BCUT2D eigenvalue weighted by atomic mass is 32.1.